The van der Waals surface area contributed by atoms with Crippen LogP contribution in [0.3, 0.4) is 0 Å². The Morgan fingerprint density at radius 3 is 2.82 bits per heavy atom. The number of fused-ring (bicyclic) bond motifs is 1. The summed E-state index contributed by atoms with van der Waals surface area (Å²) < 4.78 is 6.13. The first-order valence-electron chi connectivity index (χ1n) is 6.59. The molecule has 0 saturated heterocycles. The van der Waals surface area contributed by atoms with E-state index in [1.165, 1.54) is 11.3 Å². The van der Waals surface area contributed by atoms with Crippen LogP contribution in [-0.2, 0) is 0 Å². The van der Waals surface area contributed by atoms with E-state index >= 15 is 0 Å². The highest BCUT2D eigenvalue weighted by Gasteiger charge is 2.11. The van der Waals surface area contributed by atoms with Crippen LogP contribution in [0.4, 0.5) is 5.13 Å². The number of methoxy groups -OCH3 is 1. The fourth-order valence-electron chi connectivity index (χ4n) is 2.14. The third kappa shape index (κ3) is 2.91. The minimum Gasteiger partial charge on any atom is -0.496 e. The Bertz CT molecular complexity index is 860. The van der Waals surface area contributed by atoms with Gasteiger partial charge in [0.2, 0.25) is 0 Å². The number of amides is 1. The van der Waals surface area contributed by atoms with Crippen LogP contribution in [0.15, 0.2) is 36.4 Å². The van der Waals surface area contributed by atoms with Gasteiger partial charge in [-0.1, -0.05) is 22.9 Å². The van der Waals surface area contributed by atoms with Gasteiger partial charge in [-0.05, 0) is 48.9 Å². The normalized spacial score (nSPS) is 10.7. The lowest BCUT2D eigenvalue weighted by molar-refractivity contribution is 0.102. The van der Waals surface area contributed by atoms with Crippen molar-refractivity contribution in [1.82, 2.24) is 4.98 Å². The van der Waals surface area contributed by atoms with Crippen LogP contribution in [0.5, 0.6) is 5.75 Å². The van der Waals surface area contributed by atoms with E-state index in [0.29, 0.717) is 15.7 Å². The number of thiazole rings is 1. The lowest BCUT2D eigenvalue weighted by atomic mass is 10.1. The number of hydrogen-bond donors (Lipinski definition) is 1. The van der Waals surface area contributed by atoms with Gasteiger partial charge in [-0.25, -0.2) is 4.98 Å². The van der Waals surface area contributed by atoms with E-state index in [1.807, 2.05) is 19.1 Å². The predicted octanol–water partition coefficient (Wildman–Crippen LogP) is 4.52. The fourth-order valence-corrected chi connectivity index (χ4v) is 3.28. The molecular formula is C16H13ClN2O2S. The highest BCUT2D eigenvalue weighted by molar-refractivity contribution is 7.22. The molecule has 0 unspecified atom stereocenters. The van der Waals surface area contributed by atoms with E-state index in [1.54, 1.807) is 31.4 Å². The van der Waals surface area contributed by atoms with Gasteiger partial charge in [0.1, 0.15) is 5.75 Å². The molecule has 0 saturated carbocycles. The molecule has 0 radical (unpaired) electrons. The summed E-state index contributed by atoms with van der Waals surface area (Å²) in [5, 5.41) is 4.02. The smallest absolute Gasteiger partial charge is 0.257 e. The minimum absolute atomic E-state index is 0.198. The summed E-state index contributed by atoms with van der Waals surface area (Å²) in [6.07, 6.45) is 0. The number of halogens is 1. The second-order valence-electron chi connectivity index (χ2n) is 4.77. The lowest BCUT2D eigenvalue weighted by Crippen LogP contribution is -2.11. The maximum absolute atomic E-state index is 12.3. The monoisotopic (exact) mass is 332 g/mol. The fraction of sp³-hybridized carbons (Fsp3) is 0.125. The summed E-state index contributed by atoms with van der Waals surface area (Å²) in [5.74, 6) is 0.557. The average molecular weight is 333 g/mol. The molecular weight excluding hydrogens is 320 g/mol. The Morgan fingerprint density at radius 1 is 1.27 bits per heavy atom. The maximum Gasteiger partial charge on any atom is 0.257 e. The second-order valence-corrected chi connectivity index (χ2v) is 6.24. The molecule has 6 heteroatoms. The quantitative estimate of drug-likeness (QED) is 0.767. The van der Waals surface area contributed by atoms with Gasteiger partial charge in [0.25, 0.3) is 5.91 Å². The van der Waals surface area contributed by atoms with Crippen LogP contribution < -0.4 is 10.1 Å². The number of rotatable bonds is 3. The Labute approximate surface area is 136 Å². The zero-order valence-electron chi connectivity index (χ0n) is 12.0. The zero-order valence-corrected chi connectivity index (χ0v) is 13.6. The molecule has 0 aliphatic heterocycles. The van der Waals surface area contributed by atoms with Crippen LogP contribution in [0.1, 0.15) is 15.9 Å². The summed E-state index contributed by atoms with van der Waals surface area (Å²) in [5.41, 5.74) is 2.29. The van der Waals surface area contributed by atoms with Gasteiger partial charge >= 0.3 is 0 Å². The SMILES string of the molecule is COc1ccc(C(=O)Nc2nc3ccc(Cl)cc3s2)cc1C. The van der Waals surface area contributed by atoms with Crippen molar-refractivity contribution < 1.29 is 9.53 Å². The van der Waals surface area contributed by atoms with Gasteiger partial charge in [-0.2, -0.15) is 0 Å². The van der Waals surface area contributed by atoms with Crippen LogP contribution >= 0.6 is 22.9 Å². The summed E-state index contributed by atoms with van der Waals surface area (Å²) in [4.78, 5) is 16.7. The van der Waals surface area contributed by atoms with Gasteiger partial charge in [-0.3, -0.25) is 10.1 Å². The summed E-state index contributed by atoms with van der Waals surface area (Å²) >= 11 is 7.35. The Morgan fingerprint density at radius 2 is 2.09 bits per heavy atom. The molecule has 0 bridgehead atoms. The van der Waals surface area contributed by atoms with Crippen LogP contribution in [0.25, 0.3) is 10.2 Å². The van der Waals surface area contributed by atoms with Crippen molar-refractivity contribution >= 4 is 44.2 Å². The minimum atomic E-state index is -0.198. The molecule has 3 rings (SSSR count). The molecule has 0 spiro atoms. The molecule has 22 heavy (non-hydrogen) atoms. The van der Waals surface area contributed by atoms with Crippen molar-refractivity contribution in [1.29, 1.82) is 0 Å². The number of aromatic nitrogens is 1. The summed E-state index contributed by atoms with van der Waals surface area (Å²) in [6.45, 7) is 1.90. The number of ether oxygens (including phenoxy) is 1. The van der Waals surface area contributed by atoms with E-state index in [9.17, 15) is 4.79 Å². The highest BCUT2D eigenvalue weighted by atomic mass is 35.5. The number of hydrogen-bond acceptors (Lipinski definition) is 4. The van der Waals surface area contributed by atoms with Gasteiger partial charge in [0.15, 0.2) is 5.13 Å². The largest absolute Gasteiger partial charge is 0.496 e. The first-order valence-corrected chi connectivity index (χ1v) is 7.78. The highest BCUT2D eigenvalue weighted by Crippen LogP contribution is 2.28. The topological polar surface area (TPSA) is 51.2 Å². The molecule has 0 atom stereocenters. The molecule has 1 N–H and O–H groups in total. The van der Waals surface area contributed by atoms with Gasteiger partial charge in [0, 0.05) is 10.6 Å². The third-order valence-corrected chi connectivity index (χ3v) is 4.40. The number of anilines is 1. The molecule has 4 nitrogen and oxygen atoms in total. The Balaban J connectivity index is 1.84. The number of carbonyl (C=O) groups excluding carboxylic acids is 1. The van der Waals surface area contributed by atoms with Gasteiger partial charge < -0.3 is 4.74 Å². The molecule has 3 aromatic rings. The summed E-state index contributed by atoms with van der Waals surface area (Å²) in [6, 6.07) is 10.7. The van der Waals surface area contributed by atoms with E-state index < -0.39 is 0 Å². The molecule has 0 aliphatic rings. The van der Waals surface area contributed by atoms with Crippen molar-refractivity contribution in [2.24, 2.45) is 0 Å². The molecule has 112 valence electrons. The van der Waals surface area contributed by atoms with Crippen molar-refractivity contribution in [3.8, 4) is 5.75 Å². The zero-order chi connectivity index (χ0) is 15.7. The number of carbonyl (C=O) groups is 1. The maximum atomic E-state index is 12.3. The third-order valence-electron chi connectivity index (χ3n) is 3.23. The van der Waals surface area contributed by atoms with Crippen LogP contribution in [0, 0.1) is 6.92 Å². The average Bonchev–Trinajstić information content (AvgIpc) is 2.88. The standard InChI is InChI=1S/C16H13ClN2O2S/c1-9-7-10(3-6-13(9)21-2)15(20)19-16-18-12-5-4-11(17)8-14(12)22-16/h3-8H,1-2H3,(H,18,19,20). The lowest BCUT2D eigenvalue weighted by Gasteiger charge is -2.06. The van der Waals surface area contributed by atoms with Gasteiger partial charge in [-0.15, -0.1) is 0 Å². The van der Waals surface area contributed by atoms with E-state index in [2.05, 4.69) is 10.3 Å². The van der Waals surface area contributed by atoms with Crippen LogP contribution in [0.2, 0.25) is 5.02 Å². The van der Waals surface area contributed by atoms with E-state index in [0.717, 1.165) is 21.5 Å². The predicted molar refractivity (Wildman–Crippen MR) is 90.3 cm³/mol. The van der Waals surface area contributed by atoms with Crippen LogP contribution in [-0.4, -0.2) is 18.0 Å². The van der Waals surface area contributed by atoms with Gasteiger partial charge in [0.05, 0.1) is 17.3 Å². The first-order chi connectivity index (χ1) is 10.6. The molecule has 1 aromatic heterocycles. The Hall–Kier alpha value is -2.11. The molecule has 0 fully saturated rings. The molecule has 2 aromatic carbocycles. The molecule has 1 amide bonds. The number of aryl methyl sites for hydroxylation is 1. The van der Waals surface area contributed by atoms with E-state index in [4.69, 9.17) is 16.3 Å². The van der Waals surface area contributed by atoms with Crippen molar-refractivity contribution in [2.75, 3.05) is 12.4 Å². The van der Waals surface area contributed by atoms with Crippen molar-refractivity contribution in [3.63, 3.8) is 0 Å². The first kappa shape index (κ1) is 14.8. The summed E-state index contributed by atoms with van der Waals surface area (Å²) in [7, 11) is 1.61. The molecule has 1 heterocycles. The second kappa shape index (κ2) is 5.94. The Kier molecular flexibility index (Phi) is 4.00. The van der Waals surface area contributed by atoms with E-state index in [-0.39, 0.29) is 5.91 Å². The molecule has 0 aliphatic carbocycles. The van der Waals surface area contributed by atoms with Crippen molar-refractivity contribution in [3.05, 3.63) is 52.5 Å². The number of benzene rings is 2. The number of nitrogens with one attached hydrogen (secondary N) is 1. The van der Waals surface area contributed by atoms with Crippen molar-refractivity contribution in [2.45, 2.75) is 6.92 Å². The number of nitrogens with zero attached hydrogens (tertiary/aromatic N) is 1.